The minimum absolute atomic E-state index is 0.0743. The van der Waals surface area contributed by atoms with E-state index in [9.17, 15) is 9.59 Å². The third kappa shape index (κ3) is 3.05. The summed E-state index contributed by atoms with van der Waals surface area (Å²) >= 11 is 0. The Hall–Kier alpha value is -3.16. The molecule has 4 heterocycles. The van der Waals surface area contributed by atoms with E-state index < -0.39 is 0 Å². The molecule has 1 amide bonds. The number of hydrogen-bond donors (Lipinski definition) is 2. The highest BCUT2D eigenvalue weighted by molar-refractivity contribution is 5.93. The normalized spacial score (nSPS) is 17.4. The average molecular weight is 352 g/mol. The fraction of sp³-hybridized carbons (Fsp3) is 0.333. The maximum atomic E-state index is 12.9. The summed E-state index contributed by atoms with van der Waals surface area (Å²) in [6.45, 7) is 1.24. The van der Waals surface area contributed by atoms with Gasteiger partial charge in [-0.15, -0.1) is 0 Å². The smallest absolute Gasteiger partial charge is 0.271 e. The largest absolute Gasteiger partial charge is 0.349 e. The number of aromatic nitrogens is 5. The van der Waals surface area contributed by atoms with Crippen LogP contribution in [0.1, 0.15) is 34.9 Å². The standard InChI is InChI=1S/C18H20N6O2/c1-23-6-3-5-16(23)14-8-15(22-21-14)18(26)24-7-2-4-12(10-24)13-9-17(25)20-11-19-13/h3,5-6,8-9,11-12H,2,4,7,10H2,1H3,(H,21,22)(H,19,20,25). The van der Waals surface area contributed by atoms with Crippen LogP contribution in [0.2, 0.25) is 0 Å². The molecule has 0 saturated carbocycles. The first-order valence-corrected chi connectivity index (χ1v) is 8.63. The summed E-state index contributed by atoms with van der Waals surface area (Å²) in [5, 5.41) is 7.13. The lowest BCUT2D eigenvalue weighted by molar-refractivity contribution is 0.0700. The van der Waals surface area contributed by atoms with Gasteiger partial charge in [0.25, 0.3) is 11.5 Å². The Morgan fingerprint density at radius 2 is 2.23 bits per heavy atom. The summed E-state index contributed by atoms with van der Waals surface area (Å²) < 4.78 is 1.96. The van der Waals surface area contributed by atoms with Crippen molar-refractivity contribution >= 4 is 5.91 Å². The van der Waals surface area contributed by atoms with E-state index in [2.05, 4.69) is 20.2 Å². The number of amides is 1. The molecular formula is C18H20N6O2. The quantitative estimate of drug-likeness (QED) is 0.746. The number of hydrogen-bond acceptors (Lipinski definition) is 4. The predicted molar refractivity (Wildman–Crippen MR) is 95.7 cm³/mol. The van der Waals surface area contributed by atoms with Crippen molar-refractivity contribution < 1.29 is 4.79 Å². The van der Waals surface area contributed by atoms with Crippen LogP contribution in [0.15, 0.2) is 41.6 Å². The van der Waals surface area contributed by atoms with Gasteiger partial charge in [0.1, 0.15) is 11.4 Å². The Bertz CT molecular complexity index is 985. The second-order valence-corrected chi connectivity index (χ2v) is 6.60. The van der Waals surface area contributed by atoms with Crippen LogP contribution in [0.4, 0.5) is 0 Å². The van der Waals surface area contributed by atoms with Gasteiger partial charge >= 0.3 is 0 Å². The molecule has 8 heteroatoms. The molecule has 0 bridgehead atoms. The van der Waals surface area contributed by atoms with Crippen LogP contribution < -0.4 is 5.56 Å². The van der Waals surface area contributed by atoms with E-state index in [1.807, 2.05) is 29.9 Å². The molecule has 1 fully saturated rings. The molecule has 4 rings (SSSR count). The molecule has 0 aliphatic carbocycles. The van der Waals surface area contributed by atoms with E-state index in [0.717, 1.165) is 29.9 Å². The summed E-state index contributed by atoms with van der Waals surface area (Å²) in [4.78, 5) is 33.0. The van der Waals surface area contributed by atoms with Crippen LogP contribution in [-0.2, 0) is 7.05 Å². The highest BCUT2D eigenvalue weighted by Crippen LogP contribution is 2.26. The molecule has 0 radical (unpaired) electrons. The Morgan fingerprint density at radius 1 is 1.35 bits per heavy atom. The van der Waals surface area contributed by atoms with Gasteiger partial charge in [-0.2, -0.15) is 5.10 Å². The van der Waals surface area contributed by atoms with Crippen LogP contribution in [0.25, 0.3) is 11.4 Å². The maximum Gasteiger partial charge on any atom is 0.271 e. The summed E-state index contributed by atoms with van der Waals surface area (Å²) in [6, 6.07) is 7.20. The van der Waals surface area contributed by atoms with Gasteiger partial charge in [0.05, 0.1) is 17.7 Å². The van der Waals surface area contributed by atoms with E-state index in [1.54, 1.807) is 11.0 Å². The SMILES string of the molecule is Cn1cccc1-c1cc(C(=O)N2CCCC(c3cc(=O)[nH]cn3)C2)[nH]n1. The lowest BCUT2D eigenvalue weighted by Crippen LogP contribution is -2.39. The average Bonchev–Trinajstić information content (AvgIpc) is 3.30. The van der Waals surface area contributed by atoms with Gasteiger partial charge in [-0.25, -0.2) is 4.98 Å². The van der Waals surface area contributed by atoms with Crippen LogP contribution in [0, 0.1) is 0 Å². The number of carbonyl (C=O) groups is 1. The summed E-state index contributed by atoms with van der Waals surface area (Å²) in [5.74, 6) is -0.00207. The molecule has 1 aliphatic rings. The second kappa shape index (κ2) is 6.62. The molecule has 1 atom stereocenters. The number of aromatic amines is 2. The third-order valence-corrected chi connectivity index (χ3v) is 4.84. The molecule has 8 nitrogen and oxygen atoms in total. The molecule has 3 aromatic rings. The van der Waals surface area contributed by atoms with Crippen molar-refractivity contribution in [1.82, 2.24) is 29.6 Å². The molecular weight excluding hydrogens is 332 g/mol. The minimum atomic E-state index is -0.167. The van der Waals surface area contributed by atoms with Crippen molar-refractivity contribution in [2.24, 2.45) is 7.05 Å². The van der Waals surface area contributed by atoms with Crippen molar-refractivity contribution in [3.63, 3.8) is 0 Å². The Morgan fingerprint density at radius 3 is 3.00 bits per heavy atom. The lowest BCUT2D eigenvalue weighted by atomic mass is 9.94. The molecule has 2 N–H and O–H groups in total. The van der Waals surface area contributed by atoms with Crippen molar-refractivity contribution in [3.05, 3.63) is 58.5 Å². The fourth-order valence-corrected chi connectivity index (χ4v) is 3.47. The van der Waals surface area contributed by atoms with Crippen LogP contribution in [0.3, 0.4) is 0 Å². The van der Waals surface area contributed by atoms with E-state index in [1.165, 1.54) is 12.4 Å². The maximum absolute atomic E-state index is 12.9. The predicted octanol–water partition coefficient (Wildman–Crippen LogP) is 1.52. The Labute approximate surface area is 149 Å². The molecule has 26 heavy (non-hydrogen) atoms. The highest BCUT2D eigenvalue weighted by Gasteiger charge is 2.27. The molecule has 1 aliphatic heterocycles. The zero-order valence-electron chi connectivity index (χ0n) is 14.5. The molecule has 3 aromatic heterocycles. The highest BCUT2D eigenvalue weighted by atomic mass is 16.2. The zero-order valence-corrected chi connectivity index (χ0v) is 14.5. The monoisotopic (exact) mass is 352 g/mol. The minimum Gasteiger partial charge on any atom is -0.349 e. The number of piperidine rings is 1. The summed E-state index contributed by atoms with van der Waals surface area (Å²) in [7, 11) is 1.94. The molecule has 0 spiro atoms. The van der Waals surface area contributed by atoms with Gasteiger partial charge < -0.3 is 14.5 Å². The molecule has 1 saturated heterocycles. The number of nitrogens with one attached hydrogen (secondary N) is 2. The molecule has 0 aromatic carbocycles. The van der Waals surface area contributed by atoms with E-state index in [-0.39, 0.29) is 17.4 Å². The number of H-pyrrole nitrogens is 2. The molecule has 1 unspecified atom stereocenters. The molecule has 134 valence electrons. The summed E-state index contributed by atoms with van der Waals surface area (Å²) in [5.41, 5.74) is 2.73. The van der Waals surface area contributed by atoms with Gasteiger partial charge in [0, 0.05) is 38.3 Å². The van der Waals surface area contributed by atoms with Crippen molar-refractivity contribution in [2.45, 2.75) is 18.8 Å². The third-order valence-electron chi connectivity index (χ3n) is 4.84. The lowest BCUT2D eigenvalue weighted by Gasteiger charge is -2.32. The number of nitrogens with zero attached hydrogens (tertiary/aromatic N) is 4. The number of likely N-dealkylation sites (tertiary alicyclic amines) is 1. The van der Waals surface area contributed by atoms with Gasteiger partial charge in [0.2, 0.25) is 0 Å². The number of rotatable bonds is 3. The van der Waals surface area contributed by atoms with Gasteiger partial charge in [-0.1, -0.05) is 0 Å². The first-order chi connectivity index (χ1) is 12.6. The Kier molecular flexibility index (Phi) is 4.16. The topological polar surface area (TPSA) is 99.7 Å². The van der Waals surface area contributed by atoms with Gasteiger partial charge in [-0.3, -0.25) is 14.7 Å². The van der Waals surface area contributed by atoms with Crippen LogP contribution >= 0.6 is 0 Å². The van der Waals surface area contributed by atoms with E-state index in [0.29, 0.717) is 18.8 Å². The summed E-state index contributed by atoms with van der Waals surface area (Å²) in [6.07, 6.45) is 5.15. The van der Waals surface area contributed by atoms with Crippen molar-refractivity contribution in [2.75, 3.05) is 13.1 Å². The number of carbonyl (C=O) groups excluding carboxylic acids is 1. The van der Waals surface area contributed by atoms with Crippen molar-refractivity contribution in [1.29, 1.82) is 0 Å². The number of aryl methyl sites for hydroxylation is 1. The Balaban J connectivity index is 1.52. The van der Waals surface area contributed by atoms with E-state index in [4.69, 9.17) is 0 Å². The van der Waals surface area contributed by atoms with Gasteiger partial charge in [0.15, 0.2) is 0 Å². The van der Waals surface area contributed by atoms with Crippen LogP contribution in [0.5, 0.6) is 0 Å². The first-order valence-electron chi connectivity index (χ1n) is 8.63. The second-order valence-electron chi connectivity index (χ2n) is 6.60. The van der Waals surface area contributed by atoms with E-state index >= 15 is 0 Å². The van der Waals surface area contributed by atoms with Crippen LogP contribution in [-0.4, -0.2) is 48.6 Å². The van der Waals surface area contributed by atoms with Gasteiger partial charge in [-0.05, 0) is 31.0 Å². The fourth-order valence-electron chi connectivity index (χ4n) is 3.47. The van der Waals surface area contributed by atoms with Crippen molar-refractivity contribution in [3.8, 4) is 11.4 Å². The zero-order chi connectivity index (χ0) is 18.1. The first kappa shape index (κ1) is 16.3.